The molecule has 0 aromatic rings. The molecule has 0 aromatic heterocycles. The average Bonchev–Trinajstić information content (AvgIpc) is 2.82. The van der Waals surface area contributed by atoms with Gasteiger partial charge in [-0.1, -0.05) is 36.8 Å². The van der Waals surface area contributed by atoms with E-state index in [0.717, 1.165) is 49.7 Å². The minimum atomic E-state index is -0.977. The van der Waals surface area contributed by atoms with Crippen LogP contribution in [0.4, 0.5) is 0 Å². The van der Waals surface area contributed by atoms with E-state index in [2.05, 4.69) is 25.7 Å². The highest BCUT2D eigenvalue weighted by Gasteiger charge is 2.60. The van der Waals surface area contributed by atoms with Gasteiger partial charge in [-0.2, -0.15) is 0 Å². The molecule has 3 aliphatic carbocycles. The molecule has 5 atom stereocenters. The van der Waals surface area contributed by atoms with Crippen LogP contribution in [0.15, 0.2) is 35.5 Å². The number of fused-ring (bicyclic) bond motifs is 1. The lowest BCUT2D eigenvalue weighted by Gasteiger charge is -2.48. The van der Waals surface area contributed by atoms with Crippen molar-refractivity contribution in [2.24, 2.45) is 11.3 Å². The van der Waals surface area contributed by atoms with Gasteiger partial charge in [0.1, 0.15) is 0 Å². The topological polar surface area (TPSA) is 60.7 Å². The standard InChI is InChI=1S/C21H32O3/c1-14-6-9-18(23)13-17(14)8-7-16-5-4-11-20(3)19(16)10-12-21(20,24)15(2)22/h7-8,15,18-19,22-24H,1,4-6,9-13H2,2-3H3/t15-,18+,19-,20-,21-/m0/s1. The molecule has 0 heterocycles. The van der Waals surface area contributed by atoms with Gasteiger partial charge in [0, 0.05) is 5.41 Å². The van der Waals surface area contributed by atoms with E-state index in [4.69, 9.17) is 0 Å². The average molecular weight is 332 g/mol. The Hall–Kier alpha value is -0.900. The monoisotopic (exact) mass is 332 g/mol. The number of allylic oxidation sites excluding steroid dienone is 4. The quantitative estimate of drug-likeness (QED) is 0.723. The maximum Gasteiger partial charge on any atom is 0.0961 e. The summed E-state index contributed by atoms with van der Waals surface area (Å²) in [4.78, 5) is 0. The maximum atomic E-state index is 11.1. The molecule has 3 aliphatic rings. The molecule has 0 unspecified atom stereocenters. The molecule has 134 valence electrons. The summed E-state index contributed by atoms with van der Waals surface area (Å²) in [6.07, 6.45) is 10.5. The van der Waals surface area contributed by atoms with Crippen molar-refractivity contribution >= 4 is 0 Å². The van der Waals surface area contributed by atoms with Gasteiger partial charge in [-0.05, 0) is 69.8 Å². The van der Waals surface area contributed by atoms with E-state index in [1.807, 2.05) is 0 Å². The molecule has 3 N–H and O–H groups in total. The van der Waals surface area contributed by atoms with Crippen molar-refractivity contribution in [3.05, 3.63) is 35.5 Å². The Morgan fingerprint density at radius 2 is 1.96 bits per heavy atom. The van der Waals surface area contributed by atoms with E-state index >= 15 is 0 Å². The maximum absolute atomic E-state index is 11.1. The molecular formula is C21H32O3. The van der Waals surface area contributed by atoms with Crippen LogP contribution < -0.4 is 0 Å². The molecular weight excluding hydrogens is 300 g/mol. The molecule has 3 fully saturated rings. The van der Waals surface area contributed by atoms with E-state index < -0.39 is 11.7 Å². The third-order valence-electron chi connectivity index (χ3n) is 7.06. The van der Waals surface area contributed by atoms with Crippen molar-refractivity contribution < 1.29 is 15.3 Å². The molecule has 3 heteroatoms. The van der Waals surface area contributed by atoms with Gasteiger partial charge in [0.15, 0.2) is 0 Å². The molecule has 0 amide bonds. The first-order valence-electron chi connectivity index (χ1n) is 9.44. The first-order valence-corrected chi connectivity index (χ1v) is 9.44. The Kier molecular flexibility index (Phi) is 4.80. The van der Waals surface area contributed by atoms with Crippen LogP contribution in [0.3, 0.4) is 0 Å². The van der Waals surface area contributed by atoms with Crippen molar-refractivity contribution in [3.8, 4) is 0 Å². The van der Waals surface area contributed by atoms with Gasteiger partial charge < -0.3 is 15.3 Å². The summed E-state index contributed by atoms with van der Waals surface area (Å²) >= 11 is 0. The second-order valence-corrected chi connectivity index (χ2v) is 8.40. The molecule has 24 heavy (non-hydrogen) atoms. The van der Waals surface area contributed by atoms with Crippen molar-refractivity contribution in [1.82, 2.24) is 0 Å². The van der Waals surface area contributed by atoms with Gasteiger partial charge in [-0.3, -0.25) is 0 Å². The molecule has 0 aliphatic heterocycles. The van der Waals surface area contributed by atoms with E-state index in [-0.39, 0.29) is 11.5 Å². The smallest absolute Gasteiger partial charge is 0.0961 e. The number of hydrogen-bond donors (Lipinski definition) is 3. The lowest BCUT2D eigenvalue weighted by Crippen LogP contribution is -2.53. The third-order valence-corrected chi connectivity index (χ3v) is 7.06. The summed E-state index contributed by atoms with van der Waals surface area (Å²) in [5, 5.41) is 31.2. The minimum Gasteiger partial charge on any atom is -0.393 e. The normalized spacial score (nSPS) is 44.8. The second kappa shape index (κ2) is 6.44. The summed E-state index contributed by atoms with van der Waals surface area (Å²) in [7, 11) is 0. The molecule has 0 aromatic carbocycles. The summed E-state index contributed by atoms with van der Waals surface area (Å²) < 4.78 is 0. The highest BCUT2D eigenvalue weighted by atomic mass is 16.3. The fourth-order valence-electron chi connectivity index (χ4n) is 5.37. The Labute approximate surface area is 145 Å². The Morgan fingerprint density at radius 3 is 2.67 bits per heavy atom. The van der Waals surface area contributed by atoms with E-state index in [0.29, 0.717) is 18.8 Å². The zero-order valence-electron chi connectivity index (χ0n) is 15.1. The van der Waals surface area contributed by atoms with Crippen LogP contribution in [0, 0.1) is 11.3 Å². The molecule has 0 spiro atoms. The van der Waals surface area contributed by atoms with E-state index in [1.54, 1.807) is 6.92 Å². The first kappa shape index (κ1) is 17.9. The van der Waals surface area contributed by atoms with Crippen molar-refractivity contribution in [2.45, 2.75) is 83.0 Å². The highest BCUT2D eigenvalue weighted by Crippen LogP contribution is 2.60. The highest BCUT2D eigenvalue weighted by molar-refractivity contribution is 5.36. The van der Waals surface area contributed by atoms with Crippen molar-refractivity contribution in [1.29, 1.82) is 0 Å². The number of aliphatic hydroxyl groups excluding tert-OH is 2. The summed E-state index contributed by atoms with van der Waals surface area (Å²) in [5.41, 5.74) is 2.47. The lowest BCUT2D eigenvalue weighted by atomic mass is 9.60. The molecule has 3 saturated carbocycles. The third kappa shape index (κ3) is 2.81. The Bertz CT molecular complexity index is 574. The fourth-order valence-corrected chi connectivity index (χ4v) is 5.37. The number of hydrogen-bond acceptors (Lipinski definition) is 3. The van der Waals surface area contributed by atoms with Crippen LogP contribution in [0.1, 0.15) is 65.2 Å². The van der Waals surface area contributed by atoms with Crippen molar-refractivity contribution in [3.63, 3.8) is 0 Å². The van der Waals surface area contributed by atoms with Gasteiger partial charge in [0.25, 0.3) is 0 Å². The van der Waals surface area contributed by atoms with Gasteiger partial charge >= 0.3 is 0 Å². The molecule has 0 saturated heterocycles. The predicted molar refractivity (Wildman–Crippen MR) is 96.5 cm³/mol. The van der Waals surface area contributed by atoms with Crippen LogP contribution >= 0.6 is 0 Å². The molecule has 3 nitrogen and oxygen atoms in total. The zero-order chi connectivity index (χ0) is 17.5. The van der Waals surface area contributed by atoms with E-state index in [1.165, 1.54) is 5.57 Å². The number of rotatable bonds is 2. The van der Waals surface area contributed by atoms with Crippen LogP contribution in [0.25, 0.3) is 0 Å². The second-order valence-electron chi connectivity index (χ2n) is 8.40. The largest absolute Gasteiger partial charge is 0.393 e. The van der Waals surface area contributed by atoms with Crippen LogP contribution in [0.5, 0.6) is 0 Å². The summed E-state index contributed by atoms with van der Waals surface area (Å²) in [5.74, 6) is 0.337. The lowest BCUT2D eigenvalue weighted by molar-refractivity contribution is -0.143. The fraction of sp³-hybridized carbons (Fsp3) is 0.714. The van der Waals surface area contributed by atoms with Gasteiger partial charge in [-0.25, -0.2) is 0 Å². The van der Waals surface area contributed by atoms with E-state index in [9.17, 15) is 15.3 Å². The van der Waals surface area contributed by atoms with Gasteiger partial charge in [0.2, 0.25) is 0 Å². The van der Waals surface area contributed by atoms with Gasteiger partial charge in [-0.15, -0.1) is 0 Å². The van der Waals surface area contributed by atoms with Crippen LogP contribution in [-0.2, 0) is 0 Å². The van der Waals surface area contributed by atoms with Gasteiger partial charge in [0.05, 0.1) is 17.8 Å². The summed E-state index contributed by atoms with van der Waals surface area (Å²) in [6, 6.07) is 0. The summed E-state index contributed by atoms with van der Waals surface area (Å²) in [6.45, 7) is 8.02. The molecule has 3 rings (SSSR count). The number of aliphatic hydroxyl groups is 3. The zero-order valence-corrected chi connectivity index (χ0v) is 15.1. The molecule has 0 bridgehead atoms. The Morgan fingerprint density at radius 1 is 1.21 bits per heavy atom. The predicted octanol–water partition coefficient (Wildman–Crippen LogP) is 3.65. The first-order chi connectivity index (χ1) is 11.3. The minimum absolute atomic E-state index is 0.243. The SMILES string of the molecule is C=C1CC[C@@H](O)CC1=CC=C1CCC[C@@]2(C)[C@H]1CC[C@]2(O)[C@H](C)O. The van der Waals surface area contributed by atoms with Crippen LogP contribution in [-0.4, -0.2) is 33.1 Å². The van der Waals surface area contributed by atoms with Crippen LogP contribution in [0.2, 0.25) is 0 Å². The molecule has 0 radical (unpaired) electrons. The Balaban J connectivity index is 1.86. The van der Waals surface area contributed by atoms with Crippen molar-refractivity contribution in [2.75, 3.05) is 0 Å².